The lowest BCUT2D eigenvalue weighted by Gasteiger charge is -2.18. The molecule has 0 unspecified atom stereocenters. The molecule has 0 saturated heterocycles. The first-order valence-electron chi connectivity index (χ1n) is 9.48. The Morgan fingerprint density at radius 1 is 0.769 bits per heavy atom. The molecule has 0 aliphatic heterocycles. The molecular formula is C23H31NSi2. The molecule has 0 aliphatic carbocycles. The van der Waals surface area contributed by atoms with Gasteiger partial charge in [0.25, 0.3) is 0 Å². The van der Waals surface area contributed by atoms with Gasteiger partial charge in [0.15, 0.2) is 0 Å². The van der Waals surface area contributed by atoms with E-state index in [0.717, 1.165) is 0 Å². The van der Waals surface area contributed by atoms with Gasteiger partial charge in [-0.25, -0.2) is 0 Å². The lowest BCUT2D eigenvalue weighted by molar-refractivity contribution is 0.642. The Labute approximate surface area is 160 Å². The van der Waals surface area contributed by atoms with E-state index < -0.39 is 16.1 Å². The average Bonchev–Trinajstić information content (AvgIpc) is 2.94. The minimum atomic E-state index is -1.59. The molecule has 0 aliphatic rings. The van der Waals surface area contributed by atoms with Crippen LogP contribution in [0.4, 0.5) is 0 Å². The first-order valence-corrected chi connectivity index (χ1v) is 15.6. The third-order valence-corrected chi connectivity index (χ3v) is 11.5. The molecule has 26 heavy (non-hydrogen) atoms. The number of fused-ring (bicyclic) bond motifs is 3. The molecule has 0 amide bonds. The summed E-state index contributed by atoms with van der Waals surface area (Å²) in [6.45, 7) is 22.2. The lowest BCUT2D eigenvalue weighted by atomic mass is 10.1. The highest BCUT2D eigenvalue weighted by molar-refractivity contribution is 6.94. The number of nitrogens with zero attached hydrogens (tertiary/aromatic N) is 1. The van der Waals surface area contributed by atoms with Crippen LogP contribution in [0.5, 0.6) is 0 Å². The first-order chi connectivity index (χ1) is 12.1. The summed E-state index contributed by atoms with van der Waals surface area (Å²) in [6, 6.07) is 14.6. The Morgan fingerprint density at radius 2 is 1.15 bits per heavy atom. The van der Waals surface area contributed by atoms with E-state index in [0.29, 0.717) is 6.04 Å². The Hall–Kier alpha value is -1.85. The van der Waals surface area contributed by atoms with Crippen LogP contribution in [0, 0.1) is 0 Å². The number of rotatable bonds is 5. The van der Waals surface area contributed by atoms with Gasteiger partial charge in [-0.05, 0) is 26.0 Å². The summed E-state index contributed by atoms with van der Waals surface area (Å²) in [7, 11) is -3.17. The summed E-state index contributed by atoms with van der Waals surface area (Å²) in [5.41, 5.74) is 7.02. The maximum Gasteiger partial charge on any atom is 0.103 e. The molecule has 1 heterocycles. The van der Waals surface area contributed by atoms with Crippen LogP contribution in [-0.4, -0.2) is 20.7 Å². The molecular weight excluding hydrogens is 346 g/mol. The van der Waals surface area contributed by atoms with E-state index in [1.165, 1.54) is 32.2 Å². The molecule has 0 atom stereocenters. The Morgan fingerprint density at radius 3 is 1.46 bits per heavy atom. The molecule has 0 radical (unpaired) electrons. The smallest absolute Gasteiger partial charge is 0.103 e. The predicted molar refractivity (Wildman–Crippen MR) is 124 cm³/mol. The van der Waals surface area contributed by atoms with Crippen molar-refractivity contribution in [3.05, 3.63) is 61.0 Å². The number of benzene rings is 2. The molecule has 0 bridgehead atoms. The zero-order chi connectivity index (χ0) is 19.3. The van der Waals surface area contributed by atoms with Crippen molar-refractivity contribution < 1.29 is 0 Å². The predicted octanol–water partition coefficient (Wildman–Crippen LogP) is 5.66. The van der Waals surface area contributed by atoms with Crippen molar-refractivity contribution in [1.82, 2.24) is 4.57 Å². The van der Waals surface area contributed by atoms with E-state index >= 15 is 0 Å². The fraction of sp³-hybridized carbons (Fsp3) is 0.304. The number of hydrogen-bond donors (Lipinski definition) is 0. The van der Waals surface area contributed by atoms with Crippen LogP contribution in [-0.2, 0) is 0 Å². The maximum absolute atomic E-state index is 4.09. The summed E-state index contributed by atoms with van der Waals surface area (Å²) < 4.78 is 2.48. The number of aromatic nitrogens is 1. The second-order valence-electron chi connectivity index (χ2n) is 8.78. The Balaban J connectivity index is 2.42. The average molecular weight is 378 g/mol. The highest BCUT2D eigenvalue weighted by Crippen LogP contribution is 2.31. The Bertz CT molecular complexity index is 929. The third-order valence-electron chi connectivity index (χ3n) is 5.83. The van der Waals surface area contributed by atoms with Crippen molar-refractivity contribution in [3.63, 3.8) is 0 Å². The fourth-order valence-electron chi connectivity index (χ4n) is 3.65. The van der Waals surface area contributed by atoms with Crippen LogP contribution in [0.3, 0.4) is 0 Å². The molecule has 136 valence electrons. The molecule has 0 spiro atoms. The SMILES string of the molecule is C=C[Si](C)(C)c1ccc2c(c1)c1cc([Si](C)(C)C=C)ccc1n2C(C)C. The van der Waals surface area contributed by atoms with E-state index in [1.807, 2.05) is 0 Å². The van der Waals surface area contributed by atoms with Crippen LogP contribution in [0.15, 0.2) is 61.0 Å². The van der Waals surface area contributed by atoms with Gasteiger partial charge < -0.3 is 4.57 Å². The van der Waals surface area contributed by atoms with Gasteiger partial charge in [0.1, 0.15) is 16.1 Å². The minimum Gasteiger partial charge on any atom is -0.338 e. The molecule has 3 rings (SSSR count). The largest absolute Gasteiger partial charge is 0.338 e. The summed E-state index contributed by atoms with van der Waals surface area (Å²) in [5, 5.41) is 5.66. The minimum absolute atomic E-state index is 0.431. The zero-order valence-corrected chi connectivity index (χ0v) is 19.1. The van der Waals surface area contributed by atoms with Gasteiger partial charge in [-0.1, -0.05) is 72.2 Å². The van der Waals surface area contributed by atoms with Crippen molar-refractivity contribution in [2.24, 2.45) is 0 Å². The van der Waals surface area contributed by atoms with Crippen molar-refractivity contribution >= 4 is 48.3 Å². The van der Waals surface area contributed by atoms with Crippen molar-refractivity contribution in [1.29, 1.82) is 0 Å². The second-order valence-corrected chi connectivity index (χ2v) is 17.6. The monoisotopic (exact) mass is 377 g/mol. The van der Waals surface area contributed by atoms with Gasteiger partial charge in [-0.3, -0.25) is 0 Å². The van der Waals surface area contributed by atoms with Crippen LogP contribution in [0.1, 0.15) is 19.9 Å². The van der Waals surface area contributed by atoms with Crippen molar-refractivity contribution in [3.8, 4) is 0 Å². The van der Waals surface area contributed by atoms with Gasteiger partial charge in [0.2, 0.25) is 0 Å². The molecule has 0 saturated carbocycles. The Kier molecular flexibility index (Phi) is 4.66. The highest BCUT2D eigenvalue weighted by atomic mass is 28.3. The quantitative estimate of drug-likeness (QED) is 0.506. The van der Waals surface area contributed by atoms with Gasteiger partial charge in [-0.2, -0.15) is 0 Å². The van der Waals surface area contributed by atoms with Crippen LogP contribution in [0.2, 0.25) is 26.2 Å². The van der Waals surface area contributed by atoms with E-state index in [4.69, 9.17) is 0 Å². The normalized spacial score (nSPS) is 12.9. The van der Waals surface area contributed by atoms with E-state index in [1.54, 1.807) is 0 Å². The third kappa shape index (κ3) is 2.93. The summed E-state index contributed by atoms with van der Waals surface area (Å²) in [5.74, 6) is 0. The standard InChI is InChI=1S/C23H31NSi2/c1-9-25(5,6)18-11-13-22-20(15-18)21-16-19(26(7,8)10-2)12-14-23(21)24(22)17(3)4/h9-17H,1-2H2,3-8H3. The molecule has 0 N–H and O–H groups in total. The first kappa shape index (κ1) is 18.9. The van der Waals surface area contributed by atoms with Gasteiger partial charge in [-0.15, -0.1) is 13.2 Å². The van der Waals surface area contributed by atoms with Crippen molar-refractivity contribution in [2.75, 3.05) is 0 Å². The van der Waals surface area contributed by atoms with E-state index in [2.05, 4.69) is 106 Å². The second kappa shape index (κ2) is 6.40. The van der Waals surface area contributed by atoms with Crippen LogP contribution >= 0.6 is 0 Å². The number of hydrogen-bond acceptors (Lipinski definition) is 0. The molecule has 3 heteroatoms. The van der Waals surface area contributed by atoms with E-state index in [-0.39, 0.29) is 0 Å². The molecule has 2 aromatic carbocycles. The summed E-state index contributed by atoms with van der Waals surface area (Å²) >= 11 is 0. The fourth-order valence-corrected chi connectivity index (χ4v) is 6.18. The topological polar surface area (TPSA) is 4.93 Å². The van der Waals surface area contributed by atoms with E-state index in [9.17, 15) is 0 Å². The highest BCUT2D eigenvalue weighted by Gasteiger charge is 2.23. The summed E-state index contributed by atoms with van der Waals surface area (Å²) in [6.07, 6.45) is 0. The van der Waals surface area contributed by atoms with Gasteiger partial charge in [0, 0.05) is 27.8 Å². The summed E-state index contributed by atoms with van der Waals surface area (Å²) in [4.78, 5) is 0. The zero-order valence-electron chi connectivity index (χ0n) is 17.1. The lowest BCUT2D eigenvalue weighted by Crippen LogP contribution is -2.39. The van der Waals surface area contributed by atoms with Gasteiger partial charge in [0.05, 0.1) is 0 Å². The van der Waals surface area contributed by atoms with Gasteiger partial charge >= 0.3 is 0 Å². The van der Waals surface area contributed by atoms with Crippen molar-refractivity contribution in [2.45, 2.75) is 46.1 Å². The molecule has 3 aromatic rings. The molecule has 0 fully saturated rings. The van der Waals surface area contributed by atoms with Crippen LogP contribution in [0.25, 0.3) is 21.8 Å². The molecule has 1 aromatic heterocycles. The van der Waals surface area contributed by atoms with Crippen LogP contribution < -0.4 is 10.4 Å². The maximum atomic E-state index is 4.09. The molecule has 1 nitrogen and oxygen atoms in total.